The molecule has 3 fully saturated rings. The van der Waals surface area contributed by atoms with Crippen molar-refractivity contribution in [3.05, 3.63) is 23.9 Å². The summed E-state index contributed by atoms with van der Waals surface area (Å²) in [5.74, 6) is 1.39. The van der Waals surface area contributed by atoms with E-state index >= 15 is 0 Å². The molecule has 0 spiro atoms. The molecule has 1 saturated carbocycles. The zero-order valence-corrected chi connectivity index (χ0v) is 15.4. The topological polar surface area (TPSA) is 56.8 Å². The van der Waals surface area contributed by atoms with Crippen molar-refractivity contribution in [1.29, 1.82) is 0 Å². The van der Waals surface area contributed by atoms with Gasteiger partial charge in [0.05, 0.1) is 5.56 Å². The molecular formula is C20H28N4O2. The first-order valence-electron chi connectivity index (χ1n) is 10.0. The van der Waals surface area contributed by atoms with Gasteiger partial charge in [0.2, 0.25) is 5.91 Å². The molecule has 4 rings (SSSR count). The molecule has 3 heterocycles. The molecule has 3 aliphatic rings. The van der Waals surface area contributed by atoms with Gasteiger partial charge in [-0.15, -0.1) is 0 Å². The van der Waals surface area contributed by atoms with E-state index in [4.69, 9.17) is 0 Å². The minimum Gasteiger partial charge on any atom is -0.356 e. The summed E-state index contributed by atoms with van der Waals surface area (Å²) in [5, 5.41) is 0. The number of anilines is 1. The summed E-state index contributed by atoms with van der Waals surface area (Å²) in [6.07, 6.45) is 8.50. The van der Waals surface area contributed by atoms with E-state index in [9.17, 15) is 9.59 Å². The van der Waals surface area contributed by atoms with E-state index in [2.05, 4.69) is 9.88 Å². The van der Waals surface area contributed by atoms with Gasteiger partial charge >= 0.3 is 0 Å². The first-order valence-corrected chi connectivity index (χ1v) is 10.0. The van der Waals surface area contributed by atoms with Gasteiger partial charge in [-0.25, -0.2) is 4.98 Å². The molecule has 0 radical (unpaired) electrons. The van der Waals surface area contributed by atoms with Gasteiger partial charge in [-0.2, -0.15) is 0 Å². The molecule has 140 valence electrons. The second kappa shape index (κ2) is 7.64. The van der Waals surface area contributed by atoms with Gasteiger partial charge in [0, 0.05) is 51.4 Å². The number of aromatic nitrogens is 1. The van der Waals surface area contributed by atoms with Crippen LogP contribution in [0.3, 0.4) is 0 Å². The first-order chi connectivity index (χ1) is 12.7. The fourth-order valence-electron chi connectivity index (χ4n) is 4.48. The number of carbonyl (C=O) groups excluding carboxylic acids is 2. The molecule has 6 heteroatoms. The Morgan fingerprint density at radius 1 is 0.885 bits per heavy atom. The van der Waals surface area contributed by atoms with Crippen LogP contribution in [0.25, 0.3) is 0 Å². The third-order valence-electron chi connectivity index (χ3n) is 6.01. The standard InChI is InChI=1S/C20H28N4O2/c25-19(16-6-1-2-7-16)23-12-14-24(15-13-23)20(26)17-8-5-9-21-18(17)22-10-3-4-11-22/h5,8-9,16H,1-4,6-7,10-15H2. The van der Waals surface area contributed by atoms with Crippen LogP contribution in [-0.4, -0.2) is 65.9 Å². The molecule has 0 bridgehead atoms. The fraction of sp³-hybridized carbons (Fsp3) is 0.650. The largest absolute Gasteiger partial charge is 0.356 e. The van der Waals surface area contributed by atoms with E-state index in [1.165, 1.54) is 12.8 Å². The normalized spacial score (nSPS) is 21.5. The monoisotopic (exact) mass is 356 g/mol. The predicted molar refractivity (Wildman–Crippen MR) is 100 cm³/mol. The van der Waals surface area contributed by atoms with E-state index in [-0.39, 0.29) is 11.8 Å². The van der Waals surface area contributed by atoms with Crippen LogP contribution >= 0.6 is 0 Å². The SMILES string of the molecule is O=C(c1cccnc1N1CCCC1)N1CCN(C(=O)C2CCCC2)CC1. The molecule has 2 saturated heterocycles. The zero-order chi connectivity index (χ0) is 17.9. The predicted octanol–water partition coefficient (Wildman–Crippen LogP) is 2.16. The number of pyridine rings is 1. The lowest BCUT2D eigenvalue weighted by Gasteiger charge is -2.36. The Morgan fingerprint density at radius 2 is 1.54 bits per heavy atom. The minimum atomic E-state index is 0.0490. The number of hydrogen-bond donors (Lipinski definition) is 0. The molecule has 2 aliphatic heterocycles. The third-order valence-corrected chi connectivity index (χ3v) is 6.01. The maximum absolute atomic E-state index is 13.1. The van der Waals surface area contributed by atoms with Gasteiger partial charge in [-0.1, -0.05) is 12.8 Å². The Hall–Kier alpha value is -2.11. The molecule has 2 amide bonds. The number of nitrogens with zero attached hydrogens (tertiary/aromatic N) is 4. The van der Waals surface area contributed by atoms with Crippen molar-refractivity contribution < 1.29 is 9.59 Å². The van der Waals surface area contributed by atoms with Crippen molar-refractivity contribution in [2.75, 3.05) is 44.2 Å². The molecule has 26 heavy (non-hydrogen) atoms. The fourth-order valence-corrected chi connectivity index (χ4v) is 4.48. The quantitative estimate of drug-likeness (QED) is 0.833. The lowest BCUT2D eigenvalue weighted by Crippen LogP contribution is -2.52. The minimum absolute atomic E-state index is 0.0490. The van der Waals surface area contributed by atoms with Crippen molar-refractivity contribution in [2.45, 2.75) is 38.5 Å². The number of hydrogen-bond acceptors (Lipinski definition) is 4. The number of piperazine rings is 1. The van der Waals surface area contributed by atoms with Crippen LogP contribution in [0.1, 0.15) is 48.9 Å². The summed E-state index contributed by atoms with van der Waals surface area (Å²) in [6.45, 7) is 4.49. The second-order valence-electron chi connectivity index (χ2n) is 7.67. The highest BCUT2D eigenvalue weighted by atomic mass is 16.2. The van der Waals surface area contributed by atoms with Crippen molar-refractivity contribution >= 4 is 17.6 Å². The van der Waals surface area contributed by atoms with Crippen LogP contribution < -0.4 is 4.90 Å². The van der Waals surface area contributed by atoms with Crippen molar-refractivity contribution in [1.82, 2.24) is 14.8 Å². The van der Waals surface area contributed by atoms with Gasteiger partial charge in [-0.3, -0.25) is 9.59 Å². The van der Waals surface area contributed by atoms with Gasteiger partial charge in [0.1, 0.15) is 5.82 Å². The van der Waals surface area contributed by atoms with Gasteiger partial charge in [-0.05, 0) is 37.8 Å². The number of amides is 2. The molecule has 0 aromatic carbocycles. The Bertz CT molecular complexity index is 658. The summed E-state index contributed by atoms with van der Waals surface area (Å²) >= 11 is 0. The lowest BCUT2D eigenvalue weighted by atomic mass is 10.1. The Labute approximate surface area is 155 Å². The molecule has 6 nitrogen and oxygen atoms in total. The van der Waals surface area contributed by atoms with Crippen LogP contribution in [0.2, 0.25) is 0 Å². The molecule has 1 aliphatic carbocycles. The van der Waals surface area contributed by atoms with E-state index in [0.29, 0.717) is 37.6 Å². The molecular weight excluding hydrogens is 328 g/mol. The van der Waals surface area contributed by atoms with Crippen LogP contribution in [0.15, 0.2) is 18.3 Å². The van der Waals surface area contributed by atoms with Crippen molar-refractivity contribution in [3.8, 4) is 0 Å². The van der Waals surface area contributed by atoms with E-state index in [1.807, 2.05) is 21.9 Å². The second-order valence-corrected chi connectivity index (χ2v) is 7.67. The highest BCUT2D eigenvalue weighted by Gasteiger charge is 2.31. The average molecular weight is 356 g/mol. The summed E-state index contributed by atoms with van der Waals surface area (Å²) in [5.41, 5.74) is 0.699. The maximum Gasteiger partial charge on any atom is 0.257 e. The summed E-state index contributed by atoms with van der Waals surface area (Å²) in [7, 11) is 0. The first kappa shape index (κ1) is 17.3. The lowest BCUT2D eigenvalue weighted by molar-refractivity contribution is -0.136. The van der Waals surface area contributed by atoms with Gasteiger partial charge in [0.15, 0.2) is 0 Å². The van der Waals surface area contributed by atoms with E-state index in [1.54, 1.807) is 6.20 Å². The highest BCUT2D eigenvalue weighted by Crippen LogP contribution is 2.27. The molecule has 1 aromatic rings. The smallest absolute Gasteiger partial charge is 0.257 e. The van der Waals surface area contributed by atoms with Crippen molar-refractivity contribution in [3.63, 3.8) is 0 Å². The number of carbonyl (C=O) groups is 2. The van der Waals surface area contributed by atoms with Crippen molar-refractivity contribution in [2.24, 2.45) is 5.92 Å². The summed E-state index contributed by atoms with van der Waals surface area (Å²) in [6, 6.07) is 3.73. The van der Waals surface area contributed by atoms with Crippen LogP contribution in [0.4, 0.5) is 5.82 Å². The molecule has 0 atom stereocenters. The van der Waals surface area contributed by atoms with E-state index in [0.717, 1.165) is 44.6 Å². The Balaban J connectivity index is 1.40. The Kier molecular flexibility index (Phi) is 5.09. The molecule has 0 unspecified atom stereocenters. The molecule has 0 N–H and O–H groups in total. The average Bonchev–Trinajstić information content (AvgIpc) is 3.41. The van der Waals surface area contributed by atoms with Crippen LogP contribution in [0, 0.1) is 5.92 Å². The van der Waals surface area contributed by atoms with E-state index < -0.39 is 0 Å². The summed E-state index contributed by atoms with van der Waals surface area (Å²) in [4.78, 5) is 36.2. The zero-order valence-electron chi connectivity index (χ0n) is 15.4. The van der Waals surface area contributed by atoms with Crippen LogP contribution in [-0.2, 0) is 4.79 Å². The maximum atomic E-state index is 13.1. The van der Waals surface area contributed by atoms with Crippen LogP contribution in [0.5, 0.6) is 0 Å². The summed E-state index contributed by atoms with van der Waals surface area (Å²) < 4.78 is 0. The highest BCUT2D eigenvalue weighted by molar-refractivity contribution is 5.99. The van der Waals surface area contributed by atoms with Gasteiger partial charge in [0.25, 0.3) is 5.91 Å². The third kappa shape index (κ3) is 3.41. The van der Waals surface area contributed by atoms with Gasteiger partial charge < -0.3 is 14.7 Å². The molecule has 1 aromatic heterocycles. The number of rotatable bonds is 3. The Morgan fingerprint density at radius 3 is 2.23 bits per heavy atom.